The summed E-state index contributed by atoms with van der Waals surface area (Å²) in [5.41, 5.74) is 2.06. The molecule has 2 aromatic carbocycles. The van der Waals surface area contributed by atoms with Crippen LogP contribution in [0.5, 0.6) is 0 Å². The molecule has 2 aromatic rings. The highest BCUT2D eigenvalue weighted by Crippen LogP contribution is 2.37. The highest BCUT2D eigenvalue weighted by Gasteiger charge is 2.12. The van der Waals surface area contributed by atoms with Crippen molar-refractivity contribution in [1.82, 2.24) is 0 Å². The molecule has 106 valence electrons. The third kappa shape index (κ3) is 3.92. The predicted octanol–water partition coefficient (Wildman–Crippen LogP) is 7.45. The zero-order valence-corrected chi connectivity index (χ0v) is 16.6. The predicted molar refractivity (Wildman–Crippen MR) is 98.0 cm³/mol. The van der Waals surface area contributed by atoms with Crippen LogP contribution < -0.4 is 5.32 Å². The lowest BCUT2D eigenvalue weighted by molar-refractivity contribution is 0.882. The molecule has 0 amide bonds. The highest BCUT2D eigenvalue weighted by atomic mass is 79.9. The van der Waals surface area contributed by atoms with Crippen LogP contribution in [0.25, 0.3) is 0 Å². The van der Waals surface area contributed by atoms with E-state index in [1.165, 1.54) is 0 Å². The maximum absolute atomic E-state index is 6.06. The van der Waals surface area contributed by atoms with Gasteiger partial charge in [-0.2, -0.15) is 0 Å². The molecule has 6 heteroatoms. The van der Waals surface area contributed by atoms with Gasteiger partial charge in [0, 0.05) is 19.5 Å². The number of rotatable bonds is 3. The first-order valence-corrected chi connectivity index (χ1v) is 8.88. The van der Waals surface area contributed by atoms with Gasteiger partial charge in [-0.1, -0.05) is 45.2 Å². The molecule has 2 rings (SSSR count). The van der Waals surface area contributed by atoms with Gasteiger partial charge in [0.25, 0.3) is 0 Å². The maximum Gasteiger partial charge on any atom is 0.0634 e. The quantitative estimate of drug-likeness (QED) is 0.459. The Morgan fingerprint density at radius 1 is 0.950 bits per heavy atom. The zero-order valence-electron chi connectivity index (χ0n) is 10.4. The lowest BCUT2D eigenvalue weighted by Gasteiger charge is -2.19. The van der Waals surface area contributed by atoms with E-state index in [0.717, 1.165) is 24.7 Å². The third-order valence-corrected chi connectivity index (χ3v) is 5.26. The van der Waals surface area contributed by atoms with E-state index in [2.05, 4.69) is 60.0 Å². The van der Waals surface area contributed by atoms with Crippen LogP contribution in [0.1, 0.15) is 18.5 Å². The van der Waals surface area contributed by atoms with Crippen molar-refractivity contribution in [3.8, 4) is 0 Å². The Labute approximate surface area is 153 Å². The van der Waals surface area contributed by atoms with E-state index in [9.17, 15) is 0 Å². The summed E-state index contributed by atoms with van der Waals surface area (Å²) in [6.45, 7) is 2.07. The van der Waals surface area contributed by atoms with Crippen LogP contribution in [0.3, 0.4) is 0 Å². The van der Waals surface area contributed by atoms with Gasteiger partial charge in [0.2, 0.25) is 0 Å². The Morgan fingerprint density at radius 2 is 1.55 bits per heavy atom. The van der Waals surface area contributed by atoms with Crippen molar-refractivity contribution >= 4 is 76.7 Å². The van der Waals surface area contributed by atoms with Crippen LogP contribution >= 0.6 is 71.0 Å². The highest BCUT2D eigenvalue weighted by molar-refractivity contribution is 9.11. The molecule has 0 aliphatic heterocycles. The van der Waals surface area contributed by atoms with Crippen molar-refractivity contribution in [2.24, 2.45) is 0 Å². The van der Waals surface area contributed by atoms with Crippen molar-refractivity contribution in [2.75, 3.05) is 5.32 Å². The molecule has 0 bridgehead atoms. The van der Waals surface area contributed by atoms with Crippen molar-refractivity contribution in [2.45, 2.75) is 13.0 Å². The van der Waals surface area contributed by atoms with Gasteiger partial charge in [0.15, 0.2) is 0 Å². The summed E-state index contributed by atoms with van der Waals surface area (Å²) < 4.78 is 2.96. The summed E-state index contributed by atoms with van der Waals surface area (Å²) in [6.07, 6.45) is 0. The van der Waals surface area contributed by atoms with Crippen molar-refractivity contribution in [3.05, 3.63) is 59.4 Å². The van der Waals surface area contributed by atoms with E-state index in [-0.39, 0.29) is 6.04 Å². The number of hydrogen-bond acceptors (Lipinski definition) is 1. The first-order valence-electron chi connectivity index (χ1n) is 5.74. The SMILES string of the molecule is CC(Nc1c(Br)cc(Br)cc1Br)c1ccc(Cl)c(Cl)c1. The molecule has 0 spiro atoms. The molecule has 20 heavy (non-hydrogen) atoms. The van der Waals surface area contributed by atoms with Gasteiger partial charge in [-0.3, -0.25) is 0 Å². The second kappa shape index (κ2) is 7.01. The van der Waals surface area contributed by atoms with Crippen LogP contribution in [0.2, 0.25) is 10.0 Å². The van der Waals surface area contributed by atoms with E-state index in [1.54, 1.807) is 0 Å². The van der Waals surface area contributed by atoms with Crippen LogP contribution in [0, 0.1) is 0 Å². The first kappa shape index (κ1) is 16.6. The minimum atomic E-state index is 0.0959. The lowest BCUT2D eigenvalue weighted by atomic mass is 10.1. The van der Waals surface area contributed by atoms with Crippen LogP contribution in [0.15, 0.2) is 43.7 Å². The van der Waals surface area contributed by atoms with Crippen molar-refractivity contribution < 1.29 is 0 Å². The molecule has 0 aromatic heterocycles. The number of nitrogens with one attached hydrogen (secondary N) is 1. The average Bonchev–Trinajstić information content (AvgIpc) is 2.36. The molecular formula is C14H10Br3Cl2N. The first-order chi connectivity index (χ1) is 9.38. The summed E-state index contributed by atoms with van der Waals surface area (Å²) >= 11 is 22.6. The largest absolute Gasteiger partial charge is 0.377 e. The average molecular weight is 503 g/mol. The van der Waals surface area contributed by atoms with Gasteiger partial charge in [-0.15, -0.1) is 0 Å². The topological polar surface area (TPSA) is 12.0 Å². The molecule has 0 aliphatic carbocycles. The Bertz CT molecular complexity index is 623. The fourth-order valence-corrected chi connectivity index (χ4v) is 4.56. The van der Waals surface area contributed by atoms with Crippen molar-refractivity contribution in [1.29, 1.82) is 0 Å². The molecule has 0 radical (unpaired) electrons. The third-order valence-electron chi connectivity index (χ3n) is 2.81. The van der Waals surface area contributed by atoms with E-state index < -0.39 is 0 Å². The van der Waals surface area contributed by atoms with Gasteiger partial charge in [0.1, 0.15) is 0 Å². The minimum absolute atomic E-state index is 0.0959. The summed E-state index contributed by atoms with van der Waals surface area (Å²) in [5.74, 6) is 0. The number of benzene rings is 2. The fraction of sp³-hybridized carbons (Fsp3) is 0.143. The maximum atomic E-state index is 6.06. The molecule has 1 unspecified atom stereocenters. The fourth-order valence-electron chi connectivity index (χ4n) is 1.76. The van der Waals surface area contributed by atoms with Gasteiger partial charge < -0.3 is 5.32 Å². The summed E-state index contributed by atoms with van der Waals surface area (Å²) in [4.78, 5) is 0. The Morgan fingerprint density at radius 3 is 2.10 bits per heavy atom. The normalized spacial score (nSPS) is 12.3. The number of anilines is 1. The number of hydrogen-bond donors (Lipinski definition) is 1. The van der Waals surface area contributed by atoms with Crippen LogP contribution in [-0.2, 0) is 0 Å². The second-order valence-corrected chi connectivity index (χ2v) is 7.72. The molecular weight excluding hydrogens is 493 g/mol. The smallest absolute Gasteiger partial charge is 0.0634 e. The summed E-state index contributed by atoms with van der Waals surface area (Å²) in [6, 6.07) is 9.74. The molecule has 1 atom stereocenters. The molecule has 0 saturated heterocycles. The van der Waals surface area contributed by atoms with E-state index in [0.29, 0.717) is 10.0 Å². The lowest BCUT2D eigenvalue weighted by Crippen LogP contribution is -2.07. The standard InChI is InChI=1S/C14H10Br3Cl2N/c1-7(8-2-3-12(18)13(19)4-8)20-14-10(16)5-9(15)6-11(14)17/h2-7,20H,1H3. The minimum Gasteiger partial charge on any atom is -0.377 e. The number of halogens is 5. The molecule has 0 saturated carbocycles. The molecule has 0 heterocycles. The van der Waals surface area contributed by atoms with Gasteiger partial charge in [-0.05, 0) is 68.6 Å². The van der Waals surface area contributed by atoms with Gasteiger partial charge in [0.05, 0.1) is 15.7 Å². The molecule has 0 fully saturated rings. The molecule has 1 nitrogen and oxygen atoms in total. The Kier molecular flexibility index (Phi) is 5.83. The van der Waals surface area contributed by atoms with Crippen LogP contribution in [-0.4, -0.2) is 0 Å². The Hall–Kier alpha value is 0.260. The summed E-state index contributed by atoms with van der Waals surface area (Å²) in [5, 5.41) is 4.58. The van der Waals surface area contributed by atoms with E-state index in [1.807, 2.05) is 30.3 Å². The monoisotopic (exact) mass is 499 g/mol. The van der Waals surface area contributed by atoms with Gasteiger partial charge in [-0.25, -0.2) is 0 Å². The van der Waals surface area contributed by atoms with Crippen LogP contribution in [0.4, 0.5) is 5.69 Å². The van der Waals surface area contributed by atoms with Crippen molar-refractivity contribution in [3.63, 3.8) is 0 Å². The Balaban J connectivity index is 2.27. The zero-order chi connectivity index (χ0) is 14.9. The second-order valence-electron chi connectivity index (χ2n) is 4.28. The molecule has 1 N–H and O–H groups in total. The summed E-state index contributed by atoms with van der Waals surface area (Å²) in [7, 11) is 0. The van der Waals surface area contributed by atoms with E-state index in [4.69, 9.17) is 23.2 Å². The molecule has 0 aliphatic rings. The van der Waals surface area contributed by atoms with E-state index >= 15 is 0 Å². The van der Waals surface area contributed by atoms with Gasteiger partial charge >= 0.3 is 0 Å².